The average molecular weight is 299 g/mol. The van der Waals surface area contributed by atoms with Crippen LogP contribution < -0.4 is 5.32 Å². The molecule has 114 valence electrons. The Labute approximate surface area is 122 Å². The fourth-order valence-electron chi connectivity index (χ4n) is 1.89. The van der Waals surface area contributed by atoms with Gasteiger partial charge in [0.05, 0.1) is 18.0 Å². The van der Waals surface area contributed by atoms with E-state index < -0.39 is 10.0 Å². The number of hydrogen-bond donors (Lipinski definition) is 1. The number of sulfonamides is 1. The Kier molecular flexibility index (Phi) is 7.72. The van der Waals surface area contributed by atoms with Crippen molar-refractivity contribution in [1.29, 1.82) is 0 Å². The molecule has 0 amide bonds. The monoisotopic (exact) mass is 299 g/mol. The van der Waals surface area contributed by atoms with Crippen molar-refractivity contribution in [1.82, 2.24) is 14.6 Å². The molecule has 0 aliphatic rings. The Morgan fingerprint density at radius 1 is 1.25 bits per heavy atom. The molecule has 1 N–H and O–H groups in total. The Bertz CT molecular complexity index is 463. The average Bonchev–Trinajstić information content (AvgIpc) is 2.45. The third kappa shape index (κ3) is 5.98. The van der Waals surface area contributed by atoms with E-state index >= 15 is 0 Å². The highest BCUT2D eigenvalue weighted by Crippen LogP contribution is 2.08. The van der Waals surface area contributed by atoms with E-state index in [4.69, 9.17) is 0 Å². The molecule has 0 aromatic carbocycles. The van der Waals surface area contributed by atoms with Gasteiger partial charge in [-0.2, -0.15) is 4.31 Å². The molecule has 0 radical (unpaired) electrons. The molecule has 0 spiro atoms. The summed E-state index contributed by atoms with van der Waals surface area (Å²) in [7, 11) is -3.20. The van der Waals surface area contributed by atoms with Crippen molar-refractivity contribution in [2.45, 2.75) is 33.2 Å². The minimum atomic E-state index is -3.20. The molecule has 0 unspecified atom stereocenters. The Balaban J connectivity index is 2.50. The van der Waals surface area contributed by atoms with Crippen molar-refractivity contribution in [3.8, 4) is 0 Å². The lowest BCUT2D eigenvalue weighted by Gasteiger charge is -2.20. The predicted octanol–water partition coefficient (Wildman–Crippen LogP) is 1.62. The molecule has 20 heavy (non-hydrogen) atoms. The Morgan fingerprint density at radius 3 is 2.65 bits per heavy atom. The highest BCUT2D eigenvalue weighted by atomic mass is 32.2. The van der Waals surface area contributed by atoms with E-state index in [1.165, 1.54) is 4.31 Å². The van der Waals surface area contributed by atoms with E-state index in [1.54, 1.807) is 6.20 Å². The van der Waals surface area contributed by atoms with Gasteiger partial charge in [0.15, 0.2) is 0 Å². The Hall–Kier alpha value is -0.980. The van der Waals surface area contributed by atoms with E-state index in [-0.39, 0.29) is 5.75 Å². The maximum atomic E-state index is 12.3. The zero-order valence-corrected chi connectivity index (χ0v) is 13.2. The van der Waals surface area contributed by atoms with E-state index in [2.05, 4.69) is 17.2 Å². The predicted molar refractivity (Wildman–Crippen MR) is 81.9 cm³/mol. The SMILES string of the molecule is CCCNCCCS(=O)(=O)N(CC)Cc1ccccn1. The van der Waals surface area contributed by atoms with Gasteiger partial charge >= 0.3 is 0 Å². The Morgan fingerprint density at radius 2 is 2.05 bits per heavy atom. The molecular weight excluding hydrogens is 274 g/mol. The van der Waals surface area contributed by atoms with Gasteiger partial charge in [-0.25, -0.2) is 8.42 Å². The van der Waals surface area contributed by atoms with Crippen LogP contribution in [0.15, 0.2) is 24.4 Å². The summed E-state index contributed by atoms with van der Waals surface area (Å²) < 4.78 is 26.0. The van der Waals surface area contributed by atoms with E-state index in [1.807, 2.05) is 25.1 Å². The van der Waals surface area contributed by atoms with Crippen LogP contribution >= 0.6 is 0 Å². The van der Waals surface area contributed by atoms with Gasteiger partial charge in [0.2, 0.25) is 10.0 Å². The summed E-state index contributed by atoms with van der Waals surface area (Å²) in [6.07, 6.45) is 3.39. The van der Waals surface area contributed by atoms with Crippen molar-refractivity contribution in [2.75, 3.05) is 25.4 Å². The third-order valence-corrected chi connectivity index (χ3v) is 4.97. The van der Waals surface area contributed by atoms with Gasteiger partial charge in [-0.15, -0.1) is 0 Å². The first kappa shape index (κ1) is 17.1. The number of pyridine rings is 1. The largest absolute Gasteiger partial charge is 0.317 e. The van der Waals surface area contributed by atoms with Crippen LogP contribution in [0.5, 0.6) is 0 Å². The summed E-state index contributed by atoms with van der Waals surface area (Å²) in [6, 6.07) is 5.55. The standard InChI is InChI=1S/C14H25N3O2S/c1-3-9-15-10-7-12-20(18,19)17(4-2)13-14-8-5-6-11-16-14/h5-6,8,11,15H,3-4,7,9-10,12-13H2,1-2H3. The topological polar surface area (TPSA) is 62.3 Å². The van der Waals surface area contributed by atoms with E-state index in [9.17, 15) is 8.42 Å². The van der Waals surface area contributed by atoms with Crippen molar-refractivity contribution >= 4 is 10.0 Å². The van der Waals surface area contributed by atoms with Crippen molar-refractivity contribution in [3.05, 3.63) is 30.1 Å². The lowest BCUT2D eigenvalue weighted by atomic mass is 10.3. The second kappa shape index (κ2) is 9.05. The molecule has 0 aliphatic heterocycles. The first-order valence-electron chi connectivity index (χ1n) is 7.18. The van der Waals surface area contributed by atoms with Crippen LogP contribution in [0, 0.1) is 0 Å². The molecule has 0 bridgehead atoms. The van der Waals surface area contributed by atoms with Gasteiger partial charge in [0.1, 0.15) is 0 Å². The van der Waals surface area contributed by atoms with Crippen LogP contribution in [-0.4, -0.2) is 43.1 Å². The normalized spacial score (nSPS) is 11.9. The summed E-state index contributed by atoms with van der Waals surface area (Å²) in [4.78, 5) is 4.18. The molecule has 5 nitrogen and oxygen atoms in total. The van der Waals surface area contributed by atoms with Crippen LogP contribution in [0.25, 0.3) is 0 Å². The van der Waals surface area contributed by atoms with Gasteiger partial charge in [-0.1, -0.05) is 19.9 Å². The molecule has 0 saturated carbocycles. The van der Waals surface area contributed by atoms with Crippen LogP contribution in [0.1, 0.15) is 32.4 Å². The maximum Gasteiger partial charge on any atom is 0.214 e. The molecule has 0 aliphatic carbocycles. The highest BCUT2D eigenvalue weighted by molar-refractivity contribution is 7.89. The minimum absolute atomic E-state index is 0.185. The summed E-state index contributed by atoms with van der Waals surface area (Å²) in [5.74, 6) is 0.185. The molecule has 1 heterocycles. The maximum absolute atomic E-state index is 12.3. The van der Waals surface area contributed by atoms with E-state index in [0.717, 1.165) is 25.2 Å². The molecular formula is C14H25N3O2S. The molecule has 1 rings (SSSR count). The number of hydrogen-bond acceptors (Lipinski definition) is 4. The lowest BCUT2D eigenvalue weighted by Crippen LogP contribution is -2.33. The molecule has 1 aromatic heterocycles. The van der Waals surface area contributed by atoms with Gasteiger partial charge in [0.25, 0.3) is 0 Å². The zero-order chi connectivity index (χ0) is 14.8. The van der Waals surface area contributed by atoms with E-state index in [0.29, 0.717) is 19.5 Å². The second-order valence-electron chi connectivity index (χ2n) is 4.67. The molecule has 1 aromatic rings. The number of rotatable bonds is 10. The van der Waals surface area contributed by atoms with Crippen LogP contribution in [0.3, 0.4) is 0 Å². The highest BCUT2D eigenvalue weighted by Gasteiger charge is 2.20. The summed E-state index contributed by atoms with van der Waals surface area (Å²) in [5, 5.41) is 3.22. The van der Waals surface area contributed by atoms with Gasteiger partial charge < -0.3 is 5.32 Å². The van der Waals surface area contributed by atoms with Crippen LogP contribution in [-0.2, 0) is 16.6 Å². The fourth-order valence-corrected chi connectivity index (χ4v) is 3.38. The molecule has 6 heteroatoms. The first-order valence-corrected chi connectivity index (χ1v) is 8.79. The number of aromatic nitrogens is 1. The minimum Gasteiger partial charge on any atom is -0.317 e. The summed E-state index contributed by atoms with van der Waals surface area (Å²) >= 11 is 0. The zero-order valence-electron chi connectivity index (χ0n) is 12.4. The van der Waals surface area contributed by atoms with Gasteiger partial charge in [-0.3, -0.25) is 4.98 Å². The number of nitrogens with one attached hydrogen (secondary N) is 1. The van der Waals surface area contributed by atoms with Crippen molar-refractivity contribution < 1.29 is 8.42 Å². The van der Waals surface area contributed by atoms with Crippen molar-refractivity contribution in [2.24, 2.45) is 0 Å². The van der Waals surface area contributed by atoms with Gasteiger partial charge in [-0.05, 0) is 38.1 Å². The second-order valence-corrected chi connectivity index (χ2v) is 6.76. The molecule has 0 atom stereocenters. The summed E-state index contributed by atoms with van der Waals surface area (Å²) in [6.45, 7) is 6.45. The smallest absolute Gasteiger partial charge is 0.214 e. The number of nitrogens with zero attached hydrogens (tertiary/aromatic N) is 2. The van der Waals surface area contributed by atoms with Crippen LogP contribution in [0.2, 0.25) is 0 Å². The lowest BCUT2D eigenvalue weighted by molar-refractivity contribution is 0.417. The fraction of sp³-hybridized carbons (Fsp3) is 0.643. The summed E-state index contributed by atoms with van der Waals surface area (Å²) in [5.41, 5.74) is 0.780. The van der Waals surface area contributed by atoms with Crippen molar-refractivity contribution in [3.63, 3.8) is 0 Å². The molecule has 0 saturated heterocycles. The van der Waals surface area contributed by atoms with Gasteiger partial charge in [0, 0.05) is 12.7 Å². The van der Waals surface area contributed by atoms with Crippen LogP contribution in [0.4, 0.5) is 0 Å². The first-order chi connectivity index (χ1) is 9.60. The third-order valence-electron chi connectivity index (χ3n) is 2.99. The molecule has 0 fully saturated rings. The quantitative estimate of drug-likeness (QED) is 0.667.